The molecule has 0 radical (unpaired) electrons. The average Bonchev–Trinajstić information content (AvgIpc) is 2.69. The van der Waals surface area contributed by atoms with Crippen molar-refractivity contribution in [1.29, 1.82) is 0 Å². The third-order valence-corrected chi connectivity index (χ3v) is 2.63. The predicted octanol–water partition coefficient (Wildman–Crippen LogP) is 2.76. The van der Waals surface area contributed by atoms with E-state index in [4.69, 9.17) is 10.5 Å². The van der Waals surface area contributed by atoms with E-state index in [9.17, 15) is 4.39 Å². The van der Waals surface area contributed by atoms with Crippen molar-refractivity contribution in [2.75, 3.05) is 5.73 Å². The Kier molecular flexibility index (Phi) is 3.50. The van der Waals surface area contributed by atoms with Crippen molar-refractivity contribution in [3.8, 4) is 5.75 Å². The number of para-hydroxylation sites is 1. The first-order valence-electron chi connectivity index (χ1n) is 5.78. The summed E-state index contributed by atoms with van der Waals surface area (Å²) in [6.07, 6.45) is 1.65. The summed E-state index contributed by atoms with van der Waals surface area (Å²) < 4.78 is 20.7. The lowest BCUT2D eigenvalue weighted by atomic mass is 10.3. The molecule has 0 saturated heterocycles. The number of nitrogen functional groups attached to an aromatic ring is 1. The maximum atomic E-state index is 13.4. The van der Waals surface area contributed by atoms with Gasteiger partial charge in [0, 0.05) is 6.04 Å². The Hall–Kier alpha value is -2.04. The van der Waals surface area contributed by atoms with Gasteiger partial charge < -0.3 is 15.0 Å². The van der Waals surface area contributed by atoms with Crippen LogP contribution in [0.4, 0.5) is 10.3 Å². The molecule has 1 heterocycles. The van der Waals surface area contributed by atoms with E-state index in [1.807, 2.05) is 18.4 Å². The molecule has 4 nitrogen and oxygen atoms in total. The van der Waals surface area contributed by atoms with Gasteiger partial charge in [0.05, 0.1) is 11.9 Å². The van der Waals surface area contributed by atoms with Crippen molar-refractivity contribution in [1.82, 2.24) is 9.55 Å². The minimum absolute atomic E-state index is 0.187. The maximum absolute atomic E-state index is 13.4. The smallest absolute Gasteiger partial charge is 0.200 e. The molecule has 0 unspecified atom stereocenters. The zero-order valence-electron chi connectivity index (χ0n) is 10.4. The first-order chi connectivity index (χ1) is 8.59. The fourth-order valence-corrected chi connectivity index (χ4v) is 1.83. The van der Waals surface area contributed by atoms with Crippen molar-refractivity contribution in [2.45, 2.75) is 26.5 Å². The molecule has 0 aliphatic rings. The second-order valence-corrected chi connectivity index (χ2v) is 4.29. The Morgan fingerprint density at radius 1 is 1.39 bits per heavy atom. The highest BCUT2D eigenvalue weighted by molar-refractivity contribution is 5.26. The van der Waals surface area contributed by atoms with E-state index in [0.29, 0.717) is 5.95 Å². The van der Waals surface area contributed by atoms with Crippen LogP contribution in [0.5, 0.6) is 5.75 Å². The summed E-state index contributed by atoms with van der Waals surface area (Å²) >= 11 is 0. The SMILES string of the molecule is CC(C)n1c(COc2ccccc2F)cnc1N. The Morgan fingerprint density at radius 3 is 2.78 bits per heavy atom. The number of aromatic nitrogens is 2. The standard InChI is InChI=1S/C13H16FN3O/c1-9(2)17-10(7-16-13(17)15)8-18-12-6-4-3-5-11(12)14/h3-7,9H,8H2,1-2H3,(H2,15,16). The van der Waals surface area contributed by atoms with Gasteiger partial charge in [-0.25, -0.2) is 9.37 Å². The fourth-order valence-electron chi connectivity index (χ4n) is 1.83. The van der Waals surface area contributed by atoms with Gasteiger partial charge in [-0.2, -0.15) is 0 Å². The fraction of sp³-hybridized carbons (Fsp3) is 0.308. The van der Waals surface area contributed by atoms with Gasteiger partial charge in [0.25, 0.3) is 0 Å². The molecule has 0 fully saturated rings. The highest BCUT2D eigenvalue weighted by Crippen LogP contribution is 2.20. The summed E-state index contributed by atoms with van der Waals surface area (Å²) in [7, 11) is 0. The minimum atomic E-state index is -0.374. The summed E-state index contributed by atoms with van der Waals surface area (Å²) in [6, 6.07) is 6.50. The lowest BCUT2D eigenvalue weighted by Gasteiger charge is -2.14. The second-order valence-electron chi connectivity index (χ2n) is 4.29. The van der Waals surface area contributed by atoms with E-state index < -0.39 is 0 Å². The van der Waals surface area contributed by atoms with Gasteiger partial charge in [-0.05, 0) is 26.0 Å². The van der Waals surface area contributed by atoms with Crippen LogP contribution in [0, 0.1) is 5.82 Å². The normalized spacial score (nSPS) is 10.9. The molecule has 2 aromatic rings. The van der Waals surface area contributed by atoms with E-state index in [1.54, 1.807) is 24.4 Å². The van der Waals surface area contributed by atoms with Gasteiger partial charge in [-0.15, -0.1) is 0 Å². The van der Waals surface area contributed by atoms with E-state index >= 15 is 0 Å². The van der Waals surface area contributed by atoms with Crippen LogP contribution < -0.4 is 10.5 Å². The molecule has 1 aromatic carbocycles. The van der Waals surface area contributed by atoms with Crippen LogP contribution in [0.15, 0.2) is 30.5 Å². The zero-order chi connectivity index (χ0) is 13.1. The number of imidazole rings is 1. The molecular formula is C13H16FN3O. The van der Waals surface area contributed by atoms with Gasteiger partial charge in [-0.3, -0.25) is 0 Å². The number of halogens is 1. The second kappa shape index (κ2) is 5.08. The number of nitrogens with zero attached hydrogens (tertiary/aromatic N) is 2. The van der Waals surface area contributed by atoms with Crippen molar-refractivity contribution in [3.05, 3.63) is 42.0 Å². The molecule has 0 aliphatic carbocycles. The maximum Gasteiger partial charge on any atom is 0.200 e. The van der Waals surface area contributed by atoms with E-state index in [-0.39, 0.29) is 24.2 Å². The molecule has 0 atom stereocenters. The van der Waals surface area contributed by atoms with Gasteiger partial charge in [0.1, 0.15) is 6.61 Å². The van der Waals surface area contributed by atoms with Crippen LogP contribution in [0.25, 0.3) is 0 Å². The van der Waals surface area contributed by atoms with Crippen molar-refractivity contribution < 1.29 is 9.13 Å². The molecular weight excluding hydrogens is 233 g/mol. The van der Waals surface area contributed by atoms with Crippen molar-refractivity contribution in [3.63, 3.8) is 0 Å². The predicted molar refractivity (Wildman–Crippen MR) is 67.8 cm³/mol. The molecule has 96 valence electrons. The van der Waals surface area contributed by atoms with Crippen molar-refractivity contribution >= 4 is 5.95 Å². The summed E-state index contributed by atoms with van der Waals surface area (Å²) in [4.78, 5) is 4.04. The molecule has 0 saturated carbocycles. The summed E-state index contributed by atoms with van der Waals surface area (Å²) in [5, 5.41) is 0. The van der Waals surface area contributed by atoms with Crippen LogP contribution in [0.3, 0.4) is 0 Å². The summed E-state index contributed by atoms with van der Waals surface area (Å²) in [5.41, 5.74) is 6.59. The number of nitrogens with two attached hydrogens (primary N) is 1. The highest BCUT2D eigenvalue weighted by atomic mass is 19.1. The topological polar surface area (TPSA) is 53.1 Å². The van der Waals surface area contributed by atoms with Crippen LogP contribution in [0.2, 0.25) is 0 Å². The molecule has 0 bridgehead atoms. The van der Waals surface area contributed by atoms with E-state index in [2.05, 4.69) is 4.98 Å². The van der Waals surface area contributed by atoms with Crippen LogP contribution in [0.1, 0.15) is 25.6 Å². The number of benzene rings is 1. The number of anilines is 1. The van der Waals surface area contributed by atoms with E-state index in [0.717, 1.165) is 5.69 Å². The molecule has 2 N–H and O–H groups in total. The van der Waals surface area contributed by atoms with E-state index in [1.165, 1.54) is 6.07 Å². The first-order valence-corrected chi connectivity index (χ1v) is 5.78. The zero-order valence-corrected chi connectivity index (χ0v) is 10.4. The Balaban J connectivity index is 2.14. The lowest BCUT2D eigenvalue weighted by molar-refractivity contribution is 0.278. The number of hydrogen-bond acceptors (Lipinski definition) is 3. The monoisotopic (exact) mass is 249 g/mol. The third kappa shape index (κ3) is 2.45. The van der Waals surface area contributed by atoms with Gasteiger partial charge in [0.2, 0.25) is 5.95 Å². The van der Waals surface area contributed by atoms with Crippen LogP contribution in [-0.4, -0.2) is 9.55 Å². The molecule has 0 spiro atoms. The van der Waals surface area contributed by atoms with Gasteiger partial charge in [-0.1, -0.05) is 12.1 Å². The summed E-state index contributed by atoms with van der Waals surface area (Å²) in [6.45, 7) is 4.25. The number of ether oxygens (including phenoxy) is 1. The first kappa shape index (κ1) is 12.4. The van der Waals surface area contributed by atoms with Crippen LogP contribution >= 0.6 is 0 Å². The number of rotatable bonds is 4. The average molecular weight is 249 g/mol. The molecule has 1 aromatic heterocycles. The van der Waals surface area contributed by atoms with Crippen molar-refractivity contribution in [2.24, 2.45) is 0 Å². The quantitative estimate of drug-likeness (QED) is 0.906. The molecule has 5 heteroatoms. The minimum Gasteiger partial charge on any atom is -0.484 e. The van der Waals surface area contributed by atoms with Crippen LogP contribution in [-0.2, 0) is 6.61 Å². The molecule has 0 aliphatic heterocycles. The Bertz CT molecular complexity index is 537. The molecule has 2 rings (SSSR count). The molecule has 18 heavy (non-hydrogen) atoms. The van der Waals surface area contributed by atoms with Gasteiger partial charge in [0.15, 0.2) is 11.6 Å². The third-order valence-electron chi connectivity index (χ3n) is 2.63. The highest BCUT2D eigenvalue weighted by Gasteiger charge is 2.11. The molecule has 0 amide bonds. The lowest BCUT2D eigenvalue weighted by Crippen LogP contribution is -2.11. The largest absolute Gasteiger partial charge is 0.484 e. The summed E-state index contributed by atoms with van der Waals surface area (Å²) in [5.74, 6) is 0.297. The Morgan fingerprint density at radius 2 is 2.11 bits per heavy atom. The number of hydrogen-bond donors (Lipinski definition) is 1. The van der Waals surface area contributed by atoms with Gasteiger partial charge >= 0.3 is 0 Å². The Labute approximate surface area is 105 Å².